The van der Waals surface area contributed by atoms with Crippen molar-refractivity contribution in [2.45, 2.75) is 71.1 Å². The zero-order valence-electron chi connectivity index (χ0n) is 15.2. The maximum atomic E-state index is 12.5. The predicted octanol–water partition coefficient (Wildman–Crippen LogP) is 3.57. The monoisotopic (exact) mass is 331 g/mol. The lowest BCUT2D eigenvalue weighted by atomic mass is 10.0. The van der Waals surface area contributed by atoms with Gasteiger partial charge >= 0.3 is 0 Å². The number of amides is 1. The fourth-order valence-electron chi connectivity index (χ4n) is 3.30. The van der Waals surface area contributed by atoms with Gasteiger partial charge in [-0.15, -0.1) is 0 Å². The molecule has 1 aliphatic heterocycles. The van der Waals surface area contributed by atoms with Crippen molar-refractivity contribution in [2.24, 2.45) is 5.92 Å². The number of aryl methyl sites for hydroxylation is 1. The first-order valence-corrected chi connectivity index (χ1v) is 9.15. The quantitative estimate of drug-likeness (QED) is 0.867. The van der Waals surface area contributed by atoms with Crippen molar-refractivity contribution < 1.29 is 14.3 Å². The fraction of sp³-hybridized carbons (Fsp3) is 0.650. The molecule has 3 rings (SSSR count). The van der Waals surface area contributed by atoms with Gasteiger partial charge in [0, 0.05) is 6.61 Å². The Balaban J connectivity index is 1.60. The highest BCUT2D eigenvalue weighted by Crippen LogP contribution is 2.38. The maximum Gasteiger partial charge on any atom is 0.261 e. The average Bonchev–Trinajstić information content (AvgIpc) is 3.29. The van der Waals surface area contributed by atoms with Crippen LogP contribution in [0.5, 0.6) is 5.75 Å². The smallest absolute Gasteiger partial charge is 0.261 e. The minimum atomic E-state index is -0.508. The molecule has 1 saturated heterocycles. The zero-order chi connectivity index (χ0) is 17.3. The molecule has 132 valence electrons. The van der Waals surface area contributed by atoms with Crippen LogP contribution in [0.3, 0.4) is 0 Å². The predicted molar refractivity (Wildman–Crippen MR) is 94.4 cm³/mol. The Labute approximate surface area is 144 Å². The van der Waals surface area contributed by atoms with Gasteiger partial charge in [-0.05, 0) is 62.1 Å². The molecule has 2 aliphatic rings. The van der Waals surface area contributed by atoms with E-state index in [1.807, 2.05) is 13.8 Å². The van der Waals surface area contributed by atoms with Gasteiger partial charge in [0.1, 0.15) is 5.75 Å². The third kappa shape index (κ3) is 3.92. The van der Waals surface area contributed by atoms with Crippen LogP contribution in [0.2, 0.25) is 0 Å². The minimum Gasteiger partial charge on any atom is -0.481 e. The zero-order valence-corrected chi connectivity index (χ0v) is 15.2. The third-order valence-corrected chi connectivity index (χ3v) is 5.10. The van der Waals surface area contributed by atoms with Gasteiger partial charge in [0.15, 0.2) is 6.10 Å². The largest absolute Gasteiger partial charge is 0.481 e. The molecule has 1 aromatic rings. The van der Waals surface area contributed by atoms with Gasteiger partial charge in [-0.1, -0.05) is 26.0 Å². The molecule has 1 aromatic carbocycles. The summed E-state index contributed by atoms with van der Waals surface area (Å²) in [6.07, 6.45) is 3.05. The topological polar surface area (TPSA) is 47.6 Å². The van der Waals surface area contributed by atoms with Gasteiger partial charge in [0.25, 0.3) is 5.91 Å². The Kier molecular flexibility index (Phi) is 5.14. The number of hydrogen-bond donors (Lipinski definition) is 1. The fourth-order valence-corrected chi connectivity index (χ4v) is 3.30. The summed E-state index contributed by atoms with van der Waals surface area (Å²) < 4.78 is 11.8. The van der Waals surface area contributed by atoms with Gasteiger partial charge in [-0.3, -0.25) is 4.79 Å². The van der Waals surface area contributed by atoms with Crippen LogP contribution in [0.25, 0.3) is 0 Å². The van der Waals surface area contributed by atoms with Crippen molar-refractivity contribution >= 4 is 5.91 Å². The number of carbonyl (C=O) groups is 1. The van der Waals surface area contributed by atoms with E-state index >= 15 is 0 Å². The van der Waals surface area contributed by atoms with Gasteiger partial charge < -0.3 is 14.8 Å². The lowest BCUT2D eigenvalue weighted by Gasteiger charge is -2.23. The van der Waals surface area contributed by atoms with Crippen molar-refractivity contribution in [3.63, 3.8) is 0 Å². The van der Waals surface area contributed by atoms with Gasteiger partial charge in [0.05, 0.1) is 12.1 Å². The normalized spacial score (nSPS) is 24.9. The number of carbonyl (C=O) groups excluding carboxylic acids is 1. The molecule has 1 N–H and O–H groups in total. The summed E-state index contributed by atoms with van der Waals surface area (Å²) in [6.45, 7) is 8.89. The molecule has 1 amide bonds. The van der Waals surface area contributed by atoms with E-state index in [1.165, 1.54) is 18.4 Å². The molecular formula is C20H29NO3. The SMILES string of the molecule is Cc1ccc(C(C)C)cc1O[C@H](C)C(=O)N[C@@H]1CCO[C@@H]1C1CC1. The molecule has 1 heterocycles. The Morgan fingerprint density at radius 1 is 1.25 bits per heavy atom. The summed E-state index contributed by atoms with van der Waals surface area (Å²) in [6, 6.07) is 6.37. The molecule has 4 heteroatoms. The second-order valence-corrected chi connectivity index (χ2v) is 7.52. The number of benzene rings is 1. The highest BCUT2D eigenvalue weighted by Gasteiger charge is 2.41. The summed E-state index contributed by atoms with van der Waals surface area (Å²) in [5.74, 6) is 1.82. The molecular weight excluding hydrogens is 302 g/mol. The van der Waals surface area contributed by atoms with E-state index in [4.69, 9.17) is 9.47 Å². The van der Waals surface area contributed by atoms with E-state index in [1.54, 1.807) is 0 Å². The lowest BCUT2D eigenvalue weighted by Crippen LogP contribution is -2.46. The second-order valence-electron chi connectivity index (χ2n) is 7.52. The van der Waals surface area contributed by atoms with E-state index in [2.05, 4.69) is 37.4 Å². The first kappa shape index (κ1) is 17.3. The lowest BCUT2D eigenvalue weighted by molar-refractivity contribution is -0.128. The van der Waals surface area contributed by atoms with Crippen molar-refractivity contribution in [2.75, 3.05) is 6.61 Å². The molecule has 0 radical (unpaired) electrons. The number of hydrogen-bond acceptors (Lipinski definition) is 3. The Morgan fingerprint density at radius 3 is 2.67 bits per heavy atom. The number of nitrogens with one attached hydrogen (secondary N) is 1. The molecule has 3 atom stereocenters. The summed E-state index contributed by atoms with van der Waals surface area (Å²) in [5.41, 5.74) is 2.28. The minimum absolute atomic E-state index is 0.0505. The van der Waals surface area contributed by atoms with E-state index in [-0.39, 0.29) is 18.1 Å². The van der Waals surface area contributed by atoms with Gasteiger partial charge in [-0.25, -0.2) is 0 Å². The van der Waals surface area contributed by atoms with Crippen molar-refractivity contribution in [1.29, 1.82) is 0 Å². The first-order valence-electron chi connectivity index (χ1n) is 9.15. The molecule has 1 aliphatic carbocycles. The van der Waals surface area contributed by atoms with Crippen LogP contribution in [-0.2, 0) is 9.53 Å². The Bertz CT molecular complexity index is 595. The second kappa shape index (κ2) is 7.14. The third-order valence-electron chi connectivity index (χ3n) is 5.10. The Morgan fingerprint density at radius 2 is 2.00 bits per heavy atom. The number of ether oxygens (including phenoxy) is 2. The summed E-state index contributed by atoms with van der Waals surface area (Å²) in [5, 5.41) is 3.14. The van der Waals surface area contributed by atoms with E-state index in [9.17, 15) is 4.79 Å². The van der Waals surface area contributed by atoms with Crippen LogP contribution in [0.15, 0.2) is 18.2 Å². The number of rotatable bonds is 6. The maximum absolute atomic E-state index is 12.5. The van der Waals surface area contributed by atoms with Crippen LogP contribution in [0.1, 0.15) is 57.1 Å². The highest BCUT2D eigenvalue weighted by atomic mass is 16.5. The average molecular weight is 331 g/mol. The molecule has 4 nitrogen and oxygen atoms in total. The standard InChI is InChI=1S/C20H29NO3/c1-12(2)16-6-5-13(3)18(11-16)24-14(4)20(22)21-17-9-10-23-19(17)15-7-8-15/h5-6,11-12,14-15,17,19H,7-10H2,1-4H3,(H,21,22)/t14-,17-,19-/m1/s1. The van der Waals surface area contributed by atoms with Crippen LogP contribution in [0.4, 0.5) is 0 Å². The van der Waals surface area contributed by atoms with E-state index in [0.29, 0.717) is 11.8 Å². The molecule has 0 bridgehead atoms. The molecule has 0 unspecified atom stereocenters. The van der Waals surface area contributed by atoms with Gasteiger partial charge in [-0.2, -0.15) is 0 Å². The Hall–Kier alpha value is -1.55. The van der Waals surface area contributed by atoms with Gasteiger partial charge in [0.2, 0.25) is 0 Å². The van der Waals surface area contributed by atoms with Crippen LogP contribution >= 0.6 is 0 Å². The molecule has 24 heavy (non-hydrogen) atoms. The van der Waals surface area contributed by atoms with E-state index in [0.717, 1.165) is 24.3 Å². The first-order chi connectivity index (χ1) is 11.5. The van der Waals surface area contributed by atoms with Crippen LogP contribution in [0, 0.1) is 12.8 Å². The van der Waals surface area contributed by atoms with Crippen LogP contribution < -0.4 is 10.1 Å². The molecule has 0 spiro atoms. The highest BCUT2D eigenvalue weighted by molar-refractivity contribution is 5.81. The van der Waals surface area contributed by atoms with Crippen LogP contribution in [-0.4, -0.2) is 30.8 Å². The van der Waals surface area contributed by atoms with Crippen molar-refractivity contribution in [3.8, 4) is 5.75 Å². The summed E-state index contributed by atoms with van der Waals surface area (Å²) in [7, 11) is 0. The molecule has 0 aromatic heterocycles. The molecule has 1 saturated carbocycles. The summed E-state index contributed by atoms with van der Waals surface area (Å²) >= 11 is 0. The molecule has 2 fully saturated rings. The van der Waals surface area contributed by atoms with Crippen molar-refractivity contribution in [3.05, 3.63) is 29.3 Å². The summed E-state index contributed by atoms with van der Waals surface area (Å²) in [4.78, 5) is 12.5. The van der Waals surface area contributed by atoms with E-state index < -0.39 is 6.10 Å². The van der Waals surface area contributed by atoms with Crippen molar-refractivity contribution in [1.82, 2.24) is 5.32 Å².